The summed E-state index contributed by atoms with van der Waals surface area (Å²) in [5.74, 6) is -0.539. The Morgan fingerprint density at radius 3 is 2.36 bits per heavy atom. The van der Waals surface area contributed by atoms with Crippen molar-refractivity contribution in [2.75, 3.05) is 39.4 Å². The number of hydrogen-bond donors (Lipinski definition) is 1. The Balaban J connectivity index is 2.21. The van der Waals surface area contributed by atoms with Crippen molar-refractivity contribution in [3.05, 3.63) is 35.6 Å². The first kappa shape index (κ1) is 19.0. The zero-order chi connectivity index (χ0) is 16.4. The third-order valence-corrected chi connectivity index (χ3v) is 4.64. The molecule has 1 aromatic carbocycles. The Kier molecular flexibility index (Phi) is 8.55. The number of likely N-dealkylation sites (N-methyl/N-ethyl adjacent to an activating group) is 1. The zero-order valence-corrected chi connectivity index (χ0v) is 14.0. The minimum Gasteiger partial charge on any atom is -0.379 e. The second-order valence-corrected chi connectivity index (χ2v) is 6.73. The summed E-state index contributed by atoms with van der Waals surface area (Å²) in [6.07, 6.45) is 0. The van der Waals surface area contributed by atoms with E-state index in [9.17, 15) is 12.8 Å². The van der Waals surface area contributed by atoms with Gasteiger partial charge in [-0.05, 0) is 30.8 Å². The molecule has 0 bridgehead atoms. The molecule has 1 N–H and O–H groups in total. The van der Waals surface area contributed by atoms with Crippen LogP contribution in [0.3, 0.4) is 0 Å². The van der Waals surface area contributed by atoms with Crippen molar-refractivity contribution in [3.63, 3.8) is 0 Å². The molecule has 0 saturated carbocycles. The van der Waals surface area contributed by atoms with Gasteiger partial charge < -0.3 is 9.64 Å². The van der Waals surface area contributed by atoms with Crippen LogP contribution < -0.4 is 4.72 Å². The van der Waals surface area contributed by atoms with Gasteiger partial charge in [0.15, 0.2) is 0 Å². The standard InChI is InChI=1S/C15H25FN2O3S/c1-3-18(4-2)10-12-21-11-9-17-22(19,20)13-14-5-7-15(16)8-6-14/h5-8,17H,3-4,9-13H2,1-2H3. The van der Waals surface area contributed by atoms with Crippen molar-refractivity contribution in [1.82, 2.24) is 9.62 Å². The Labute approximate surface area is 132 Å². The molecule has 22 heavy (non-hydrogen) atoms. The van der Waals surface area contributed by atoms with Crippen molar-refractivity contribution in [3.8, 4) is 0 Å². The first-order chi connectivity index (χ1) is 10.5. The average molecular weight is 332 g/mol. The molecule has 0 amide bonds. The largest absolute Gasteiger partial charge is 0.379 e. The number of nitrogens with zero attached hydrogens (tertiary/aromatic N) is 1. The Morgan fingerprint density at radius 2 is 1.77 bits per heavy atom. The summed E-state index contributed by atoms with van der Waals surface area (Å²) in [5.41, 5.74) is 0.552. The summed E-state index contributed by atoms with van der Waals surface area (Å²) in [6, 6.07) is 5.44. The van der Waals surface area contributed by atoms with Crippen molar-refractivity contribution >= 4 is 10.0 Å². The van der Waals surface area contributed by atoms with E-state index in [-0.39, 0.29) is 18.1 Å². The highest BCUT2D eigenvalue weighted by molar-refractivity contribution is 7.88. The molecule has 0 heterocycles. The first-order valence-corrected chi connectivity index (χ1v) is 9.14. The lowest BCUT2D eigenvalue weighted by atomic mass is 10.2. The molecule has 0 atom stereocenters. The predicted octanol–water partition coefficient (Wildman–Crippen LogP) is 1.60. The Bertz CT molecular complexity index is 516. The maximum Gasteiger partial charge on any atom is 0.215 e. The summed E-state index contributed by atoms with van der Waals surface area (Å²) >= 11 is 0. The third kappa shape index (κ3) is 7.84. The molecule has 7 heteroatoms. The van der Waals surface area contributed by atoms with E-state index in [4.69, 9.17) is 4.74 Å². The van der Waals surface area contributed by atoms with E-state index in [1.165, 1.54) is 24.3 Å². The number of hydrogen-bond acceptors (Lipinski definition) is 4. The minimum atomic E-state index is -3.42. The van der Waals surface area contributed by atoms with E-state index < -0.39 is 10.0 Å². The SMILES string of the molecule is CCN(CC)CCOCCNS(=O)(=O)Cc1ccc(F)cc1. The van der Waals surface area contributed by atoms with Crippen LogP contribution >= 0.6 is 0 Å². The van der Waals surface area contributed by atoms with E-state index in [2.05, 4.69) is 23.5 Å². The maximum atomic E-state index is 12.8. The van der Waals surface area contributed by atoms with E-state index in [1.54, 1.807) is 0 Å². The topological polar surface area (TPSA) is 58.6 Å². The highest BCUT2D eigenvalue weighted by atomic mass is 32.2. The van der Waals surface area contributed by atoms with Crippen LogP contribution in [-0.4, -0.2) is 52.7 Å². The van der Waals surface area contributed by atoms with Gasteiger partial charge in [-0.3, -0.25) is 0 Å². The molecule has 126 valence electrons. The normalized spacial score (nSPS) is 12.0. The van der Waals surface area contributed by atoms with Gasteiger partial charge in [-0.25, -0.2) is 17.5 Å². The zero-order valence-electron chi connectivity index (χ0n) is 13.2. The number of ether oxygens (including phenoxy) is 1. The summed E-state index contributed by atoms with van der Waals surface area (Å²) in [6.45, 7) is 8.14. The maximum absolute atomic E-state index is 12.8. The highest BCUT2D eigenvalue weighted by Gasteiger charge is 2.10. The van der Waals surface area contributed by atoms with E-state index in [1.807, 2.05) is 0 Å². The molecule has 0 aliphatic heterocycles. The van der Waals surface area contributed by atoms with Crippen LogP contribution in [0.1, 0.15) is 19.4 Å². The van der Waals surface area contributed by atoms with E-state index in [0.717, 1.165) is 19.6 Å². The van der Waals surface area contributed by atoms with Gasteiger partial charge >= 0.3 is 0 Å². The number of sulfonamides is 1. The summed E-state index contributed by atoms with van der Waals surface area (Å²) in [4.78, 5) is 2.23. The van der Waals surface area contributed by atoms with Gasteiger partial charge in [-0.15, -0.1) is 0 Å². The molecule has 0 saturated heterocycles. The number of halogens is 1. The fourth-order valence-corrected chi connectivity index (χ4v) is 3.08. The second kappa shape index (κ2) is 9.89. The van der Waals surface area contributed by atoms with Gasteiger partial charge in [0.05, 0.1) is 19.0 Å². The number of nitrogens with one attached hydrogen (secondary N) is 1. The van der Waals surface area contributed by atoms with Gasteiger partial charge in [0.2, 0.25) is 10.0 Å². The average Bonchev–Trinajstić information content (AvgIpc) is 2.49. The lowest BCUT2D eigenvalue weighted by molar-refractivity contribution is 0.111. The van der Waals surface area contributed by atoms with Crippen LogP contribution in [0.2, 0.25) is 0 Å². The van der Waals surface area contributed by atoms with Gasteiger partial charge in [0.1, 0.15) is 5.82 Å². The first-order valence-electron chi connectivity index (χ1n) is 7.48. The monoisotopic (exact) mass is 332 g/mol. The fraction of sp³-hybridized carbons (Fsp3) is 0.600. The summed E-state index contributed by atoms with van der Waals surface area (Å²) < 4.78 is 44.4. The lowest BCUT2D eigenvalue weighted by Crippen LogP contribution is -2.30. The number of rotatable bonds is 11. The van der Waals surface area contributed by atoms with E-state index >= 15 is 0 Å². The molecule has 0 spiro atoms. The predicted molar refractivity (Wildman–Crippen MR) is 85.6 cm³/mol. The molecule has 0 radical (unpaired) electrons. The third-order valence-electron chi connectivity index (χ3n) is 3.28. The van der Waals surface area contributed by atoms with Crippen molar-refractivity contribution in [1.29, 1.82) is 0 Å². The smallest absolute Gasteiger partial charge is 0.215 e. The molecule has 1 rings (SSSR count). The van der Waals surface area contributed by atoms with Crippen LogP contribution in [0.4, 0.5) is 4.39 Å². The fourth-order valence-electron chi connectivity index (χ4n) is 1.96. The summed E-state index contributed by atoms with van der Waals surface area (Å²) in [7, 11) is -3.42. The Hall–Kier alpha value is -1.02. The van der Waals surface area contributed by atoms with Gasteiger partial charge in [0.25, 0.3) is 0 Å². The van der Waals surface area contributed by atoms with Crippen molar-refractivity contribution in [2.24, 2.45) is 0 Å². The van der Waals surface area contributed by atoms with Crippen LogP contribution in [-0.2, 0) is 20.5 Å². The highest BCUT2D eigenvalue weighted by Crippen LogP contribution is 2.06. The van der Waals surface area contributed by atoms with Gasteiger partial charge in [-0.1, -0.05) is 26.0 Å². The second-order valence-electron chi connectivity index (χ2n) is 4.92. The Morgan fingerprint density at radius 1 is 1.14 bits per heavy atom. The molecule has 0 fully saturated rings. The van der Waals surface area contributed by atoms with E-state index in [0.29, 0.717) is 18.8 Å². The molecular weight excluding hydrogens is 307 g/mol. The molecule has 1 aromatic rings. The molecule has 5 nitrogen and oxygen atoms in total. The number of benzene rings is 1. The van der Waals surface area contributed by atoms with Gasteiger partial charge in [-0.2, -0.15) is 0 Å². The van der Waals surface area contributed by atoms with Gasteiger partial charge in [0, 0.05) is 13.1 Å². The van der Waals surface area contributed by atoms with Crippen LogP contribution in [0.15, 0.2) is 24.3 Å². The quantitative estimate of drug-likeness (QED) is 0.626. The minimum absolute atomic E-state index is 0.160. The van der Waals surface area contributed by atoms with Crippen LogP contribution in [0.25, 0.3) is 0 Å². The molecule has 0 unspecified atom stereocenters. The lowest BCUT2D eigenvalue weighted by Gasteiger charge is -2.17. The molecule has 0 aliphatic carbocycles. The van der Waals surface area contributed by atoms with Crippen molar-refractivity contribution < 1.29 is 17.5 Å². The van der Waals surface area contributed by atoms with Crippen LogP contribution in [0, 0.1) is 5.82 Å². The van der Waals surface area contributed by atoms with Crippen molar-refractivity contribution in [2.45, 2.75) is 19.6 Å². The molecule has 0 aliphatic rings. The summed E-state index contributed by atoms with van der Waals surface area (Å²) in [5, 5.41) is 0. The van der Waals surface area contributed by atoms with Crippen LogP contribution in [0.5, 0.6) is 0 Å². The molecule has 0 aromatic heterocycles. The molecular formula is C15H25FN2O3S.